The number of furan rings is 1. The Morgan fingerprint density at radius 3 is 2.71 bits per heavy atom. The van der Waals surface area contributed by atoms with Crippen LogP contribution in [0.25, 0.3) is 11.0 Å². The first-order chi connectivity index (χ1) is 11.5. The molecule has 1 aliphatic rings. The number of amides is 1. The van der Waals surface area contributed by atoms with Gasteiger partial charge < -0.3 is 15.5 Å². The third-order valence-corrected chi connectivity index (χ3v) is 5.21. The van der Waals surface area contributed by atoms with Gasteiger partial charge in [-0.05, 0) is 38.2 Å². The van der Waals surface area contributed by atoms with E-state index in [1.807, 2.05) is 18.2 Å². The molecule has 130 valence electrons. The second-order valence-electron chi connectivity index (χ2n) is 7.44. The van der Waals surface area contributed by atoms with E-state index < -0.39 is 0 Å². The highest BCUT2D eigenvalue weighted by Gasteiger charge is 2.30. The van der Waals surface area contributed by atoms with Crippen LogP contribution in [0.15, 0.2) is 28.7 Å². The van der Waals surface area contributed by atoms with Crippen LogP contribution in [0.1, 0.15) is 56.9 Å². The highest BCUT2D eigenvalue weighted by Crippen LogP contribution is 2.33. The first kappa shape index (κ1) is 17.0. The molecule has 0 aliphatic heterocycles. The van der Waals surface area contributed by atoms with Gasteiger partial charge in [-0.2, -0.15) is 0 Å². The number of rotatable bonds is 4. The molecule has 1 aromatic heterocycles. The maximum absolute atomic E-state index is 12.7. The molecular formula is C20H28N2O2. The fourth-order valence-corrected chi connectivity index (χ4v) is 3.76. The van der Waals surface area contributed by atoms with Crippen LogP contribution < -0.4 is 11.1 Å². The number of nitrogens with two attached hydrogens (primary N) is 1. The lowest BCUT2D eigenvalue weighted by atomic mass is 9.85. The number of hydrogen-bond acceptors (Lipinski definition) is 3. The Hall–Kier alpha value is -1.81. The molecule has 0 spiro atoms. The summed E-state index contributed by atoms with van der Waals surface area (Å²) < 4.78 is 6.09. The Labute approximate surface area is 143 Å². The van der Waals surface area contributed by atoms with Gasteiger partial charge in [0.15, 0.2) is 0 Å². The molecule has 1 amide bonds. The van der Waals surface area contributed by atoms with Crippen molar-refractivity contribution < 1.29 is 9.21 Å². The van der Waals surface area contributed by atoms with Gasteiger partial charge in [-0.1, -0.05) is 38.5 Å². The van der Waals surface area contributed by atoms with Gasteiger partial charge in [-0.25, -0.2) is 0 Å². The summed E-state index contributed by atoms with van der Waals surface area (Å²) in [6, 6.07) is 8.08. The van der Waals surface area contributed by atoms with Crippen molar-refractivity contribution in [3.05, 3.63) is 35.6 Å². The summed E-state index contributed by atoms with van der Waals surface area (Å²) in [4.78, 5) is 12.7. The van der Waals surface area contributed by atoms with E-state index in [1.54, 1.807) is 0 Å². The minimum atomic E-state index is -0.108. The van der Waals surface area contributed by atoms with Crippen LogP contribution >= 0.6 is 0 Å². The van der Waals surface area contributed by atoms with E-state index in [4.69, 9.17) is 10.2 Å². The predicted molar refractivity (Wildman–Crippen MR) is 96.6 cm³/mol. The Morgan fingerprint density at radius 1 is 1.29 bits per heavy atom. The third kappa shape index (κ3) is 3.34. The van der Waals surface area contributed by atoms with Crippen LogP contribution in [0.5, 0.6) is 0 Å². The minimum absolute atomic E-state index is 0.0275. The van der Waals surface area contributed by atoms with Gasteiger partial charge >= 0.3 is 0 Å². The Morgan fingerprint density at radius 2 is 2.04 bits per heavy atom. The summed E-state index contributed by atoms with van der Waals surface area (Å²) in [5.74, 6) is 1.27. The molecule has 4 heteroatoms. The number of carbonyl (C=O) groups excluding carboxylic acids is 1. The van der Waals surface area contributed by atoms with E-state index in [0.717, 1.165) is 48.0 Å². The summed E-state index contributed by atoms with van der Waals surface area (Å²) in [5, 5.41) is 4.35. The highest BCUT2D eigenvalue weighted by atomic mass is 16.3. The second-order valence-corrected chi connectivity index (χ2v) is 7.44. The topological polar surface area (TPSA) is 68.3 Å². The molecule has 3 N–H and O–H groups in total. The molecule has 1 saturated carbocycles. The van der Waals surface area contributed by atoms with Gasteiger partial charge in [0.05, 0.1) is 6.04 Å². The van der Waals surface area contributed by atoms with E-state index in [1.165, 1.54) is 0 Å². The first-order valence-corrected chi connectivity index (χ1v) is 9.01. The smallest absolute Gasteiger partial charge is 0.223 e. The van der Waals surface area contributed by atoms with Crippen molar-refractivity contribution in [2.75, 3.05) is 0 Å². The average Bonchev–Trinajstić information content (AvgIpc) is 2.89. The number of para-hydroxylation sites is 1. The van der Waals surface area contributed by atoms with Crippen molar-refractivity contribution in [1.29, 1.82) is 0 Å². The molecule has 3 rings (SSSR count). The predicted octanol–water partition coefficient (Wildman–Crippen LogP) is 4.07. The molecule has 0 saturated heterocycles. The van der Waals surface area contributed by atoms with Gasteiger partial charge in [-0.15, -0.1) is 0 Å². The zero-order valence-corrected chi connectivity index (χ0v) is 14.8. The number of hydrogen-bond donors (Lipinski definition) is 2. The number of benzene rings is 1. The first-order valence-electron chi connectivity index (χ1n) is 9.01. The lowest BCUT2D eigenvalue weighted by Gasteiger charge is -2.29. The SMILES string of the molecule is Cc1c(C(NC(=O)C2CCCC(N)C2)C(C)C)oc2ccccc12. The maximum atomic E-state index is 12.7. The van der Waals surface area contributed by atoms with Gasteiger partial charge in [0.2, 0.25) is 5.91 Å². The average molecular weight is 328 g/mol. The molecule has 1 aromatic carbocycles. The van der Waals surface area contributed by atoms with Crippen molar-refractivity contribution in [3.8, 4) is 0 Å². The summed E-state index contributed by atoms with van der Waals surface area (Å²) in [7, 11) is 0. The van der Waals surface area contributed by atoms with E-state index in [-0.39, 0.29) is 29.8 Å². The third-order valence-electron chi connectivity index (χ3n) is 5.21. The Balaban J connectivity index is 1.84. The van der Waals surface area contributed by atoms with Crippen LogP contribution in [-0.4, -0.2) is 11.9 Å². The lowest BCUT2D eigenvalue weighted by Crippen LogP contribution is -2.40. The van der Waals surface area contributed by atoms with Crippen LogP contribution in [-0.2, 0) is 4.79 Å². The molecule has 3 unspecified atom stereocenters. The van der Waals surface area contributed by atoms with Gasteiger partial charge in [-0.3, -0.25) is 4.79 Å². The van der Waals surface area contributed by atoms with Crippen LogP contribution in [0.2, 0.25) is 0 Å². The van der Waals surface area contributed by atoms with Crippen molar-refractivity contribution in [2.45, 2.75) is 58.5 Å². The number of carbonyl (C=O) groups is 1. The number of nitrogens with one attached hydrogen (secondary N) is 1. The monoisotopic (exact) mass is 328 g/mol. The van der Waals surface area contributed by atoms with E-state index in [9.17, 15) is 4.79 Å². The van der Waals surface area contributed by atoms with E-state index in [2.05, 4.69) is 32.2 Å². The number of aryl methyl sites for hydroxylation is 1. The molecule has 1 aliphatic carbocycles. The molecule has 24 heavy (non-hydrogen) atoms. The molecule has 0 bridgehead atoms. The molecule has 3 atom stereocenters. The zero-order chi connectivity index (χ0) is 17.3. The fraction of sp³-hybridized carbons (Fsp3) is 0.550. The van der Waals surface area contributed by atoms with Gasteiger partial charge in [0, 0.05) is 22.9 Å². The zero-order valence-electron chi connectivity index (χ0n) is 14.8. The van der Waals surface area contributed by atoms with Crippen LogP contribution in [0.4, 0.5) is 0 Å². The normalized spacial score (nSPS) is 22.7. The summed E-state index contributed by atoms with van der Waals surface area (Å²) in [5.41, 5.74) is 8.04. The molecule has 2 aromatic rings. The molecule has 1 fully saturated rings. The summed E-state index contributed by atoms with van der Waals surface area (Å²) in [6.07, 6.45) is 3.79. The molecule has 0 radical (unpaired) electrons. The Kier molecular flexibility index (Phi) is 4.95. The van der Waals surface area contributed by atoms with E-state index >= 15 is 0 Å². The standard InChI is InChI=1S/C20H28N2O2/c1-12(2)18(22-20(23)14-7-6-8-15(21)11-14)19-13(3)16-9-4-5-10-17(16)24-19/h4-5,9-10,12,14-15,18H,6-8,11,21H2,1-3H3,(H,22,23). The molecular weight excluding hydrogens is 300 g/mol. The van der Waals surface area contributed by atoms with Crippen molar-refractivity contribution in [2.24, 2.45) is 17.6 Å². The van der Waals surface area contributed by atoms with Crippen LogP contribution in [0, 0.1) is 18.8 Å². The summed E-state index contributed by atoms with van der Waals surface area (Å²) in [6.45, 7) is 6.30. The van der Waals surface area contributed by atoms with Gasteiger partial charge in [0.1, 0.15) is 11.3 Å². The molecule has 4 nitrogen and oxygen atoms in total. The lowest BCUT2D eigenvalue weighted by molar-refractivity contribution is -0.127. The largest absolute Gasteiger partial charge is 0.459 e. The Bertz CT molecular complexity index is 719. The van der Waals surface area contributed by atoms with Crippen molar-refractivity contribution in [1.82, 2.24) is 5.32 Å². The molecule has 1 heterocycles. The maximum Gasteiger partial charge on any atom is 0.223 e. The fourth-order valence-electron chi connectivity index (χ4n) is 3.76. The second kappa shape index (κ2) is 6.98. The van der Waals surface area contributed by atoms with Crippen molar-refractivity contribution >= 4 is 16.9 Å². The number of fused-ring (bicyclic) bond motifs is 1. The quantitative estimate of drug-likeness (QED) is 0.889. The summed E-state index contributed by atoms with van der Waals surface area (Å²) >= 11 is 0. The van der Waals surface area contributed by atoms with E-state index in [0.29, 0.717) is 0 Å². The van der Waals surface area contributed by atoms with Crippen LogP contribution in [0.3, 0.4) is 0 Å². The highest BCUT2D eigenvalue weighted by molar-refractivity contribution is 5.83. The van der Waals surface area contributed by atoms with Gasteiger partial charge in [0.25, 0.3) is 0 Å². The minimum Gasteiger partial charge on any atom is -0.459 e. The van der Waals surface area contributed by atoms with Crippen molar-refractivity contribution in [3.63, 3.8) is 0 Å².